The van der Waals surface area contributed by atoms with Crippen LogP contribution in [0.15, 0.2) is 48.5 Å². The summed E-state index contributed by atoms with van der Waals surface area (Å²) in [6.07, 6.45) is 0.376. The van der Waals surface area contributed by atoms with Crippen LogP contribution < -0.4 is 0 Å². The van der Waals surface area contributed by atoms with Crippen LogP contribution in [0.5, 0.6) is 0 Å². The molecule has 0 radical (unpaired) electrons. The molecule has 0 bridgehead atoms. The third-order valence-electron chi connectivity index (χ3n) is 3.03. The van der Waals surface area contributed by atoms with Gasteiger partial charge in [0.2, 0.25) is 5.91 Å². The molecule has 0 fully saturated rings. The molecular weight excluding hydrogens is 293 g/mol. The molecule has 0 N–H and O–H groups in total. The summed E-state index contributed by atoms with van der Waals surface area (Å²) >= 11 is 11.7. The van der Waals surface area contributed by atoms with E-state index < -0.39 is 0 Å². The number of hydrogen-bond acceptors (Lipinski definition) is 1. The molecule has 2 aromatic carbocycles. The van der Waals surface area contributed by atoms with Crippen LogP contribution in [0.1, 0.15) is 11.1 Å². The zero-order valence-electron chi connectivity index (χ0n) is 11.1. The van der Waals surface area contributed by atoms with Gasteiger partial charge in [0.1, 0.15) is 0 Å². The summed E-state index contributed by atoms with van der Waals surface area (Å²) in [6.45, 7) is 0.573. The van der Waals surface area contributed by atoms with Gasteiger partial charge >= 0.3 is 0 Å². The Balaban J connectivity index is 1.94. The van der Waals surface area contributed by atoms with Crippen molar-refractivity contribution in [1.82, 2.24) is 4.90 Å². The number of nitrogens with zero attached hydrogens (tertiary/aromatic N) is 1. The van der Waals surface area contributed by atoms with Crippen LogP contribution in [0.2, 0.25) is 10.0 Å². The summed E-state index contributed by atoms with van der Waals surface area (Å²) in [5.74, 6) is 0.0715. The van der Waals surface area contributed by atoms with E-state index in [1.807, 2.05) is 36.4 Å². The van der Waals surface area contributed by atoms with E-state index in [9.17, 15) is 4.79 Å². The van der Waals surface area contributed by atoms with Crippen LogP contribution in [0.4, 0.5) is 0 Å². The van der Waals surface area contributed by atoms with Gasteiger partial charge < -0.3 is 4.90 Å². The number of benzene rings is 2. The monoisotopic (exact) mass is 307 g/mol. The van der Waals surface area contributed by atoms with Crippen molar-refractivity contribution in [3.63, 3.8) is 0 Å². The largest absolute Gasteiger partial charge is 0.341 e. The normalized spacial score (nSPS) is 10.3. The van der Waals surface area contributed by atoms with Crippen LogP contribution in [-0.2, 0) is 17.8 Å². The van der Waals surface area contributed by atoms with E-state index in [-0.39, 0.29) is 5.91 Å². The fourth-order valence-corrected chi connectivity index (χ4v) is 2.12. The van der Waals surface area contributed by atoms with E-state index in [0.717, 1.165) is 11.1 Å². The van der Waals surface area contributed by atoms with Gasteiger partial charge in [-0.3, -0.25) is 4.79 Å². The Kier molecular flexibility index (Phi) is 5.05. The summed E-state index contributed by atoms with van der Waals surface area (Å²) in [5.41, 5.74) is 2.02. The third kappa shape index (κ3) is 4.26. The quantitative estimate of drug-likeness (QED) is 0.829. The van der Waals surface area contributed by atoms with Crippen molar-refractivity contribution in [3.05, 3.63) is 69.7 Å². The van der Waals surface area contributed by atoms with Crippen molar-refractivity contribution < 1.29 is 4.79 Å². The standard InChI is InChI=1S/C16H15Cl2NO/c1-19(11-13-4-8-15(18)9-5-13)16(20)10-12-2-6-14(17)7-3-12/h2-9H,10-11H2,1H3. The lowest BCUT2D eigenvalue weighted by atomic mass is 10.1. The lowest BCUT2D eigenvalue weighted by Crippen LogP contribution is -2.27. The highest BCUT2D eigenvalue weighted by molar-refractivity contribution is 6.30. The molecule has 0 aliphatic carbocycles. The van der Waals surface area contributed by atoms with Crippen LogP contribution in [0, 0.1) is 0 Å². The Bertz CT molecular complexity index is 578. The van der Waals surface area contributed by atoms with E-state index >= 15 is 0 Å². The Morgan fingerprint density at radius 3 is 1.85 bits per heavy atom. The van der Waals surface area contributed by atoms with E-state index in [1.54, 1.807) is 24.1 Å². The zero-order chi connectivity index (χ0) is 14.5. The first-order chi connectivity index (χ1) is 9.54. The Morgan fingerprint density at radius 1 is 0.900 bits per heavy atom. The first-order valence-electron chi connectivity index (χ1n) is 6.27. The van der Waals surface area contributed by atoms with Crippen LogP contribution in [-0.4, -0.2) is 17.9 Å². The predicted octanol–water partition coefficient (Wildman–Crippen LogP) is 4.19. The van der Waals surface area contributed by atoms with Gasteiger partial charge in [0.05, 0.1) is 6.42 Å². The molecule has 0 atom stereocenters. The van der Waals surface area contributed by atoms with E-state index in [4.69, 9.17) is 23.2 Å². The second kappa shape index (κ2) is 6.78. The smallest absolute Gasteiger partial charge is 0.227 e. The molecule has 104 valence electrons. The van der Waals surface area contributed by atoms with Crippen molar-refractivity contribution in [2.75, 3.05) is 7.05 Å². The SMILES string of the molecule is CN(Cc1ccc(Cl)cc1)C(=O)Cc1ccc(Cl)cc1. The van der Waals surface area contributed by atoms with Gasteiger partial charge in [0.15, 0.2) is 0 Å². The van der Waals surface area contributed by atoms with Crippen molar-refractivity contribution >= 4 is 29.1 Å². The number of carbonyl (C=O) groups is 1. The molecule has 0 aliphatic heterocycles. The lowest BCUT2D eigenvalue weighted by molar-refractivity contribution is -0.129. The molecule has 2 nitrogen and oxygen atoms in total. The summed E-state index contributed by atoms with van der Waals surface area (Å²) < 4.78 is 0. The first-order valence-corrected chi connectivity index (χ1v) is 7.03. The number of amides is 1. The second-order valence-electron chi connectivity index (χ2n) is 4.68. The van der Waals surface area contributed by atoms with E-state index in [0.29, 0.717) is 23.0 Å². The van der Waals surface area contributed by atoms with Crippen molar-refractivity contribution in [2.24, 2.45) is 0 Å². The number of carbonyl (C=O) groups excluding carboxylic acids is 1. The lowest BCUT2D eigenvalue weighted by Gasteiger charge is -2.17. The molecule has 1 amide bonds. The van der Waals surface area contributed by atoms with Crippen molar-refractivity contribution in [3.8, 4) is 0 Å². The van der Waals surface area contributed by atoms with Gasteiger partial charge in [0.25, 0.3) is 0 Å². The minimum atomic E-state index is 0.0715. The summed E-state index contributed by atoms with van der Waals surface area (Å²) in [5, 5.41) is 1.37. The van der Waals surface area contributed by atoms with Crippen molar-refractivity contribution in [1.29, 1.82) is 0 Å². The average Bonchev–Trinajstić information content (AvgIpc) is 2.44. The number of rotatable bonds is 4. The maximum Gasteiger partial charge on any atom is 0.227 e. The number of halogens is 2. The molecule has 20 heavy (non-hydrogen) atoms. The Labute approximate surface area is 128 Å². The first kappa shape index (κ1) is 14.9. The molecule has 0 saturated carbocycles. The summed E-state index contributed by atoms with van der Waals surface area (Å²) in [7, 11) is 1.80. The molecule has 2 aromatic rings. The van der Waals surface area contributed by atoms with Gasteiger partial charge in [-0.25, -0.2) is 0 Å². The van der Waals surface area contributed by atoms with E-state index in [2.05, 4.69) is 0 Å². The topological polar surface area (TPSA) is 20.3 Å². The average molecular weight is 308 g/mol. The highest BCUT2D eigenvalue weighted by atomic mass is 35.5. The molecule has 2 rings (SSSR count). The van der Waals surface area contributed by atoms with Crippen LogP contribution in [0.25, 0.3) is 0 Å². The number of likely N-dealkylation sites (N-methyl/N-ethyl adjacent to an activating group) is 1. The Morgan fingerprint density at radius 2 is 1.35 bits per heavy atom. The van der Waals surface area contributed by atoms with Gasteiger partial charge in [-0.05, 0) is 35.4 Å². The van der Waals surface area contributed by atoms with Crippen LogP contribution in [0.3, 0.4) is 0 Å². The third-order valence-corrected chi connectivity index (χ3v) is 3.53. The van der Waals surface area contributed by atoms with Gasteiger partial charge in [-0.15, -0.1) is 0 Å². The van der Waals surface area contributed by atoms with E-state index in [1.165, 1.54) is 0 Å². The van der Waals surface area contributed by atoms with Gasteiger partial charge in [-0.2, -0.15) is 0 Å². The van der Waals surface area contributed by atoms with Crippen LogP contribution >= 0.6 is 23.2 Å². The molecule has 0 unspecified atom stereocenters. The maximum atomic E-state index is 12.1. The molecule has 0 spiro atoms. The van der Waals surface area contributed by atoms with Gasteiger partial charge in [-0.1, -0.05) is 47.5 Å². The Hall–Kier alpha value is -1.51. The summed E-state index contributed by atoms with van der Waals surface area (Å²) in [6, 6.07) is 14.8. The highest BCUT2D eigenvalue weighted by Gasteiger charge is 2.10. The maximum absolute atomic E-state index is 12.1. The minimum Gasteiger partial charge on any atom is -0.341 e. The zero-order valence-corrected chi connectivity index (χ0v) is 12.7. The van der Waals surface area contributed by atoms with Gasteiger partial charge in [0, 0.05) is 23.6 Å². The fraction of sp³-hybridized carbons (Fsp3) is 0.188. The summed E-state index contributed by atoms with van der Waals surface area (Å²) in [4.78, 5) is 13.8. The molecule has 0 heterocycles. The highest BCUT2D eigenvalue weighted by Crippen LogP contribution is 2.13. The minimum absolute atomic E-state index is 0.0715. The molecule has 4 heteroatoms. The molecular formula is C16H15Cl2NO. The van der Waals surface area contributed by atoms with Crippen molar-refractivity contribution in [2.45, 2.75) is 13.0 Å². The second-order valence-corrected chi connectivity index (χ2v) is 5.55. The predicted molar refractivity (Wildman–Crippen MR) is 83.1 cm³/mol. The molecule has 0 saturated heterocycles. The fourth-order valence-electron chi connectivity index (χ4n) is 1.86. The number of hydrogen-bond donors (Lipinski definition) is 0. The molecule has 0 aliphatic rings. The molecule has 0 aromatic heterocycles.